The van der Waals surface area contributed by atoms with Gasteiger partial charge in [0.05, 0.1) is 26.1 Å². The summed E-state index contributed by atoms with van der Waals surface area (Å²) in [5, 5.41) is 10.5. The molecule has 2 fully saturated rings. The largest absolute Gasteiger partial charge is 0.463 e. The quantitative estimate of drug-likeness (QED) is 0.0765. The van der Waals surface area contributed by atoms with Crippen molar-refractivity contribution in [2.45, 2.75) is 44.4 Å². The number of benzene rings is 1. The molecule has 4 amide bonds. The van der Waals surface area contributed by atoms with Crippen LogP contribution in [0.2, 0.25) is 0 Å². The van der Waals surface area contributed by atoms with E-state index in [-0.39, 0.29) is 53.0 Å². The number of methoxy groups -OCH3 is 3. The highest BCUT2D eigenvalue weighted by molar-refractivity contribution is 5.85. The molecular formula is C31H43N7O15. The fourth-order valence-corrected chi connectivity index (χ4v) is 5.57. The molecule has 4 rings (SSSR count). The van der Waals surface area contributed by atoms with Gasteiger partial charge in [0.25, 0.3) is 0 Å². The van der Waals surface area contributed by atoms with E-state index >= 15 is 0 Å². The number of nitrogens with zero attached hydrogens (tertiary/aromatic N) is 6. The molecule has 1 aromatic carbocycles. The van der Waals surface area contributed by atoms with Crippen molar-refractivity contribution in [1.29, 1.82) is 0 Å². The number of carbonyl (C=O) groups excluding carboxylic acids is 4. The fourth-order valence-electron chi connectivity index (χ4n) is 5.57. The first-order valence-corrected chi connectivity index (χ1v) is 16.3. The Kier molecular flexibility index (Phi) is 15.1. The van der Waals surface area contributed by atoms with Crippen molar-refractivity contribution < 1.29 is 57.4 Å². The standard InChI is InChI=1S/C31H43N7O15/c1-47-13-14-52-23(40)9-11-33-27(42)32-28(43)34(29(33)44)12-10-24(41)53-20-51-19-38-26-25(35(16-48-2)31(38)46)37(30(45)36(26)17-49-3)18-50-15-22(39)21-7-5-4-6-8-21/h4-8,22,25-26,39H,9-20H2,1-3H3,(H,32,42,43). The molecule has 0 spiro atoms. The lowest BCUT2D eigenvalue weighted by Gasteiger charge is -2.29. The minimum absolute atomic E-state index is 0.0179. The lowest BCUT2D eigenvalue weighted by Crippen LogP contribution is -2.49. The Morgan fingerprint density at radius 3 is 1.74 bits per heavy atom. The van der Waals surface area contributed by atoms with Gasteiger partial charge in [-0.1, -0.05) is 30.3 Å². The van der Waals surface area contributed by atoms with Gasteiger partial charge < -0.3 is 38.3 Å². The van der Waals surface area contributed by atoms with E-state index in [0.717, 1.165) is 0 Å². The summed E-state index contributed by atoms with van der Waals surface area (Å²) >= 11 is 0. The van der Waals surface area contributed by atoms with Gasteiger partial charge >= 0.3 is 41.1 Å². The Balaban J connectivity index is 1.33. The average Bonchev–Trinajstić information content (AvgIpc) is 3.55. The average molecular weight is 754 g/mol. The number of urea groups is 2. The molecule has 1 aromatic heterocycles. The third kappa shape index (κ3) is 10.1. The van der Waals surface area contributed by atoms with Crippen LogP contribution in [0, 0.1) is 0 Å². The van der Waals surface area contributed by atoms with Crippen molar-refractivity contribution in [2.75, 3.05) is 74.9 Å². The van der Waals surface area contributed by atoms with Gasteiger partial charge in [-0.2, -0.15) is 0 Å². The number of hydrogen-bond acceptors (Lipinski definition) is 15. The van der Waals surface area contributed by atoms with Gasteiger partial charge in [0.2, 0.25) is 0 Å². The predicted molar refractivity (Wildman–Crippen MR) is 176 cm³/mol. The zero-order valence-electron chi connectivity index (χ0n) is 29.5. The van der Waals surface area contributed by atoms with E-state index in [4.69, 9.17) is 33.2 Å². The Hall–Kier alpha value is -5.13. The second-order valence-electron chi connectivity index (χ2n) is 11.5. The Bertz CT molecular complexity index is 1730. The van der Waals surface area contributed by atoms with Gasteiger partial charge in [0, 0.05) is 34.4 Å². The number of aromatic nitrogens is 3. The maximum absolute atomic E-state index is 13.5. The number of rotatable bonds is 22. The number of fused-ring (bicyclic) bond motifs is 1. The van der Waals surface area contributed by atoms with E-state index in [0.29, 0.717) is 14.7 Å². The first-order valence-electron chi connectivity index (χ1n) is 16.3. The number of aliphatic hydroxyl groups is 1. The summed E-state index contributed by atoms with van der Waals surface area (Å²) in [4.78, 5) is 95.7. The summed E-state index contributed by atoms with van der Waals surface area (Å²) in [6.45, 7) is -2.62. The molecule has 22 nitrogen and oxygen atoms in total. The van der Waals surface area contributed by atoms with Crippen LogP contribution in [-0.4, -0.2) is 150 Å². The lowest BCUT2D eigenvalue weighted by atomic mass is 10.1. The van der Waals surface area contributed by atoms with Gasteiger partial charge in [-0.05, 0) is 5.56 Å². The highest BCUT2D eigenvalue weighted by atomic mass is 16.7. The number of ether oxygens (including phenoxy) is 7. The van der Waals surface area contributed by atoms with E-state index in [9.17, 15) is 38.7 Å². The zero-order valence-corrected chi connectivity index (χ0v) is 29.5. The van der Waals surface area contributed by atoms with Crippen LogP contribution in [0.15, 0.2) is 44.7 Å². The number of hydrogen-bond donors (Lipinski definition) is 2. The summed E-state index contributed by atoms with van der Waals surface area (Å²) in [6, 6.07) is 7.71. The third-order valence-electron chi connectivity index (χ3n) is 8.08. The highest BCUT2D eigenvalue weighted by Crippen LogP contribution is 2.35. The van der Waals surface area contributed by atoms with E-state index in [2.05, 4.69) is 0 Å². The number of amides is 4. The van der Waals surface area contributed by atoms with Crippen molar-refractivity contribution in [3.05, 3.63) is 67.3 Å². The molecule has 0 radical (unpaired) electrons. The molecule has 2 saturated heterocycles. The van der Waals surface area contributed by atoms with E-state index < -0.39 is 86.0 Å². The number of esters is 2. The number of aromatic amines is 1. The second-order valence-corrected chi connectivity index (χ2v) is 11.5. The Morgan fingerprint density at radius 1 is 0.698 bits per heavy atom. The highest BCUT2D eigenvalue weighted by Gasteiger charge is 2.59. The van der Waals surface area contributed by atoms with Gasteiger partial charge in [-0.25, -0.2) is 33.1 Å². The van der Waals surface area contributed by atoms with Crippen LogP contribution in [0.4, 0.5) is 9.59 Å². The molecule has 0 saturated carbocycles. The molecule has 2 N–H and O–H groups in total. The normalized spacial score (nSPS) is 17.4. The van der Waals surface area contributed by atoms with Crippen LogP contribution in [0.3, 0.4) is 0 Å². The first-order chi connectivity index (χ1) is 25.5. The molecule has 2 aromatic rings. The predicted octanol–water partition coefficient (Wildman–Crippen LogP) is -1.81. The smallest absolute Gasteiger partial charge is 0.336 e. The third-order valence-corrected chi connectivity index (χ3v) is 8.08. The molecule has 3 heterocycles. The molecule has 292 valence electrons. The number of carbonyl (C=O) groups is 4. The molecule has 0 aliphatic carbocycles. The summed E-state index contributed by atoms with van der Waals surface area (Å²) in [6.07, 6.45) is -3.63. The lowest BCUT2D eigenvalue weighted by molar-refractivity contribution is -0.160. The second kappa shape index (κ2) is 19.6. The Labute approximate surface area is 301 Å². The topological polar surface area (TPSA) is 243 Å². The summed E-state index contributed by atoms with van der Waals surface area (Å²) in [5.41, 5.74) is -2.53. The fraction of sp³-hybridized carbons (Fsp3) is 0.581. The van der Waals surface area contributed by atoms with Crippen molar-refractivity contribution in [3.8, 4) is 0 Å². The van der Waals surface area contributed by atoms with Gasteiger partial charge in [-0.3, -0.25) is 34.2 Å². The molecule has 2 aliphatic heterocycles. The summed E-state index contributed by atoms with van der Waals surface area (Å²) in [7, 11) is 4.17. The maximum atomic E-state index is 13.5. The van der Waals surface area contributed by atoms with Crippen molar-refractivity contribution in [2.24, 2.45) is 0 Å². The molecule has 0 bridgehead atoms. The van der Waals surface area contributed by atoms with Gasteiger partial charge in [0.1, 0.15) is 39.6 Å². The molecule has 22 heteroatoms. The first kappa shape index (κ1) is 40.6. The minimum Gasteiger partial charge on any atom is -0.463 e. The SMILES string of the molecule is COCCOC(=O)CCn1c(=O)[nH]c(=O)n(CCC(=O)OCOCN2C(=O)N(COC)C3C2N(COC)C(=O)N3COCC(O)c2ccccc2)c1=O. The van der Waals surface area contributed by atoms with Crippen LogP contribution in [-0.2, 0) is 55.8 Å². The van der Waals surface area contributed by atoms with Crippen LogP contribution < -0.4 is 17.1 Å². The number of nitrogens with one attached hydrogen (secondary N) is 1. The van der Waals surface area contributed by atoms with Crippen LogP contribution in [0.1, 0.15) is 24.5 Å². The number of H-pyrrole nitrogens is 1. The van der Waals surface area contributed by atoms with E-state index in [1.807, 2.05) is 11.1 Å². The molecule has 3 atom stereocenters. The molecule has 3 unspecified atom stereocenters. The van der Waals surface area contributed by atoms with Crippen LogP contribution in [0.5, 0.6) is 0 Å². The van der Waals surface area contributed by atoms with Crippen molar-refractivity contribution in [3.63, 3.8) is 0 Å². The van der Waals surface area contributed by atoms with Crippen LogP contribution >= 0.6 is 0 Å². The monoisotopic (exact) mass is 753 g/mol. The van der Waals surface area contributed by atoms with Crippen molar-refractivity contribution in [1.82, 2.24) is 33.7 Å². The van der Waals surface area contributed by atoms with Crippen LogP contribution in [0.25, 0.3) is 0 Å². The molecular weight excluding hydrogens is 710 g/mol. The maximum Gasteiger partial charge on any atom is 0.336 e. The molecule has 2 aliphatic rings. The molecule has 53 heavy (non-hydrogen) atoms. The van der Waals surface area contributed by atoms with E-state index in [1.165, 1.54) is 40.9 Å². The zero-order chi connectivity index (χ0) is 38.5. The minimum atomic E-state index is -1.07. The summed E-state index contributed by atoms with van der Waals surface area (Å²) in [5.74, 6) is -1.58. The van der Waals surface area contributed by atoms with Gasteiger partial charge in [-0.15, -0.1) is 0 Å². The van der Waals surface area contributed by atoms with Crippen molar-refractivity contribution >= 4 is 24.0 Å². The Morgan fingerprint density at radius 2 is 1.21 bits per heavy atom. The van der Waals surface area contributed by atoms with Gasteiger partial charge in [0.15, 0.2) is 19.1 Å². The number of aliphatic hydroxyl groups excluding tert-OH is 1. The summed E-state index contributed by atoms with van der Waals surface area (Å²) < 4.78 is 37.6. The van der Waals surface area contributed by atoms with E-state index in [1.54, 1.807) is 24.3 Å².